The van der Waals surface area contributed by atoms with Crippen LogP contribution in [0.4, 0.5) is 0 Å². The summed E-state index contributed by atoms with van der Waals surface area (Å²) in [5.41, 5.74) is 0. The molecule has 2 atom stereocenters. The lowest BCUT2D eigenvalue weighted by Crippen LogP contribution is -2.56. The molecule has 1 heterocycles. The average Bonchev–Trinajstić information content (AvgIpc) is 3.09. The van der Waals surface area contributed by atoms with Crippen molar-refractivity contribution in [2.45, 2.75) is 54.9 Å². The predicted octanol–water partition coefficient (Wildman–Crippen LogP) is 2.13. The van der Waals surface area contributed by atoms with Gasteiger partial charge in [-0.3, -0.25) is 4.79 Å². The van der Waals surface area contributed by atoms with Crippen LogP contribution in [0.15, 0.2) is 0 Å². The van der Waals surface area contributed by atoms with Gasteiger partial charge in [0.25, 0.3) is 0 Å². The highest BCUT2D eigenvalue weighted by Gasteiger charge is 2.51. The summed E-state index contributed by atoms with van der Waals surface area (Å²) in [6.07, 6.45) is 3.41. The van der Waals surface area contributed by atoms with Crippen molar-refractivity contribution in [1.82, 2.24) is 10.0 Å². The van der Waals surface area contributed by atoms with Crippen LogP contribution in [-0.2, 0) is 15.8 Å². The van der Waals surface area contributed by atoms with E-state index in [0.29, 0.717) is 5.92 Å². The van der Waals surface area contributed by atoms with E-state index in [1.807, 2.05) is 20.8 Å². The van der Waals surface area contributed by atoms with Gasteiger partial charge in [0.2, 0.25) is 5.91 Å². The van der Waals surface area contributed by atoms with Crippen LogP contribution in [-0.4, -0.2) is 43.5 Å². The highest BCUT2D eigenvalue weighted by atomic mass is 32.2. The van der Waals surface area contributed by atoms with Gasteiger partial charge in [-0.15, -0.1) is 23.5 Å². The van der Waals surface area contributed by atoms with Gasteiger partial charge in [0.05, 0.1) is 21.8 Å². The summed E-state index contributed by atoms with van der Waals surface area (Å²) in [7, 11) is 0.540. The maximum atomic E-state index is 12.5. The first-order chi connectivity index (χ1) is 9.79. The Kier molecular flexibility index (Phi) is 5.71. The van der Waals surface area contributed by atoms with E-state index >= 15 is 0 Å². The first-order valence-corrected chi connectivity index (χ1v) is 10.6. The molecular formula is C14H26N2O2S3. The third-order valence-electron chi connectivity index (χ3n) is 3.79. The van der Waals surface area contributed by atoms with Crippen molar-refractivity contribution in [3.63, 3.8) is 0 Å². The van der Waals surface area contributed by atoms with Crippen LogP contribution >= 0.6 is 23.5 Å². The molecule has 0 aromatic heterocycles. The van der Waals surface area contributed by atoms with Gasteiger partial charge in [-0.1, -0.05) is 12.8 Å². The largest absolute Gasteiger partial charge is 0.357 e. The molecule has 1 aliphatic heterocycles. The van der Waals surface area contributed by atoms with Crippen LogP contribution in [0.1, 0.15) is 40.0 Å². The van der Waals surface area contributed by atoms with E-state index in [2.05, 4.69) is 10.0 Å². The lowest BCUT2D eigenvalue weighted by atomic mass is 10.1. The monoisotopic (exact) mass is 350 g/mol. The third kappa shape index (κ3) is 4.18. The quantitative estimate of drug-likeness (QED) is 0.770. The first-order valence-electron chi connectivity index (χ1n) is 7.47. The molecule has 0 spiro atoms. The van der Waals surface area contributed by atoms with Crippen LogP contribution in [0.25, 0.3) is 0 Å². The second kappa shape index (κ2) is 6.81. The van der Waals surface area contributed by atoms with E-state index in [4.69, 9.17) is 0 Å². The molecule has 122 valence electrons. The van der Waals surface area contributed by atoms with Crippen LogP contribution in [0.3, 0.4) is 0 Å². The molecule has 2 fully saturated rings. The fourth-order valence-electron chi connectivity index (χ4n) is 2.37. The molecule has 7 heteroatoms. The Labute approximate surface area is 138 Å². The number of rotatable bonds is 6. The predicted molar refractivity (Wildman–Crippen MR) is 93.9 cm³/mol. The fourth-order valence-corrected chi connectivity index (χ4v) is 6.69. The van der Waals surface area contributed by atoms with Crippen molar-refractivity contribution in [2.24, 2.45) is 5.92 Å². The molecule has 2 N–H and O–H groups in total. The molecule has 0 aromatic carbocycles. The summed E-state index contributed by atoms with van der Waals surface area (Å²) in [5, 5.41) is 2.81. The number of thioether (sulfide) groups is 2. The van der Waals surface area contributed by atoms with Crippen molar-refractivity contribution in [3.8, 4) is 0 Å². The molecular weight excluding hydrogens is 324 g/mol. The number of hydrogen-bond donors (Lipinski definition) is 2. The Morgan fingerprint density at radius 2 is 1.90 bits per heavy atom. The van der Waals surface area contributed by atoms with E-state index in [0.717, 1.165) is 17.9 Å². The topological polar surface area (TPSA) is 58.2 Å². The Hall–Kier alpha value is 0.280. The number of nitrogens with one attached hydrogen (secondary N) is 2. The lowest BCUT2D eigenvalue weighted by Gasteiger charge is -2.36. The van der Waals surface area contributed by atoms with E-state index in [1.165, 1.54) is 12.8 Å². The lowest BCUT2D eigenvalue weighted by molar-refractivity contribution is -0.121. The number of amides is 1. The molecule has 2 aliphatic rings. The molecule has 4 nitrogen and oxygen atoms in total. The van der Waals surface area contributed by atoms with Gasteiger partial charge in [0.1, 0.15) is 0 Å². The highest BCUT2D eigenvalue weighted by molar-refractivity contribution is 8.22. The first kappa shape index (κ1) is 17.6. The summed E-state index contributed by atoms with van der Waals surface area (Å²) in [6, 6.07) is -0.0393. The minimum absolute atomic E-state index is 0.0393. The van der Waals surface area contributed by atoms with E-state index < -0.39 is 15.1 Å². The van der Waals surface area contributed by atoms with Gasteiger partial charge in [-0.05, 0) is 33.1 Å². The van der Waals surface area contributed by atoms with Gasteiger partial charge >= 0.3 is 0 Å². The van der Waals surface area contributed by atoms with Gasteiger partial charge in [-0.25, -0.2) is 8.93 Å². The van der Waals surface area contributed by atoms with E-state index in [-0.39, 0.29) is 16.7 Å². The highest BCUT2D eigenvalue weighted by Crippen LogP contribution is 2.50. The molecule has 1 saturated heterocycles. The van der Waals surface area contributed by atoms with Crippen molar-refractivity contribution < 1.29 is 9.00 Å². The zero-order chi connectivity index (χ0) is 15.7. The molecule has 1 saturated carbocycles. The third-order valence-corrected chi connectivity index (χ3v) is 8.98. The summed E-state index contributed by atoms with van der Waals surface area (Å²) >= 11 is 3.41. The standard InChI is InChI=1S/C14H26N2O2S3/c1-13(2,3)21(18)16-11(9-10-5-6-10)14(12(17)15-4)19-7-8-20-14/h10-11,16H,5-9H2,1-4H3,(H,15,17). The summed E-state index contributed by atoms with van der Waals surface area (Å²) < 4.78 is 15.0. The second-order valence-corrected chi connectivity index (χ2v) is 11.6. The molecule has 1 aliphatic carbocycles. The van der Waals surface area contributed by atoms with Crippen molar-refractivity contribution in [2.75, 3.05) is 18.6 Å². The van der Waals surface area contributed by atoms with Gasteiger partial charge in [0.15, 0.2) is 4.08 Å². The van der Waals surface area contributed by atoms with Gasteiger partial charge in [-0.2, -0.15) is 0 Å². The van der Waals surface area contributed by atoms with Gasteiger partial charge < -0.3 is 5.32 Å². The second-order valence-electron chi connectivity index (χ2n) is 6.67. The molecule has 0 radical (unpaired) electrons. The van der Waals surface area contributed by atoms with Crippen molar-refractivity contribution in [3.05, 3.63) is 0 Å². The van der Waals surface area contributed by atoms with Crippen LogP contribution < -0.4 is 10.0 Å². The molecule has 21 heavy (non-hydrogen) atoms. The Morgan fingerprint density at radius 1 is 1.33 bits per heavy atom. The Balaban J connectivity index is 2.20. The normalized spacial score (nSPS) is 24.6. The van der Waals surface area contributed by atoms with Crippen LogP contribution in [0, 0.1) is 5.92 Å². The molecule has 1 amide bonds. The summed E-state index contributed by atoms with van der Waals surface area (Å²) in [5.74, 6) is 2.69. The van der Waals surface area contributed by atoms with E-state index in [9.17, 15) is 9.00 Å². The molecule has 0 aromatic rings. The van der Waals surface area contributed by atoms with Gasteiger partial charge in [0, 0.05) is 18.6 Å². The van der Waals surface area contributed by atoms with E-state index in [1.54, 1.807) is 30.6 Å². The smallest absolute Gasteiger partial charge is 0.247 e. The number of hydrogen-bond acceptors (Lipinski definition) is 4. The minimum atomic E-state index is -1.15. The SMILES string of the molecule is CNC(=O)C1(C(CC2CC2)NS(=O)C(C)(C)C)SCCS1. The van der Waals surface area contributed by atoms with Crippen molar-refractivity contribution >= 4 is 40.4 Å². The number of carbonyl (C=O) groups excluding carboxylic acids is 1. The Bertz CT molecular complexity index is 413. The molecule has 2 unspecified atom stereocenters. The summed E-state index contributed by atoms with van der Waals surface area (Å²) in [6.45, 7) is 5.89. The maximum Gasteiger partial charge on any atom is 0.247 e. The zero-order valence-electron chi connectivity index (χ0n) is 13.2. The minimum Gasteiger partial charge on any atom is -0.357 e. The fraction of sp³-hybridized carbons (Fsp3) is 0.929. The summed E-state index contributed by atoms with van der Waals surface area (Å²) in [4.78, 5) is 12.5. The zero-order valence-corrected chi connectivity index (χ0v) is 15.7. The Morgan fingerprint density at radius 3 is 2.33 bits per heavy atom. The average molecular weight is 351 g/mol. The van der Waals surface area contributed by atoms with Crippen LogP contribution in [0.2, 0.25) is 0 Å². The molecule has 2 rings (SSSR count). The molecule has 0 bridgehead atoms. The maximum absolute atomic E-state index is 12.5. The van der Waals surface area contributed by atoms with Crippen molar-refractivity contribution in [1.29, 1.82) is 0 Å². The van der Waals surface area contributed by atoms with Crippen LogP contribution in [0.5, 0.6) is 0 Å². The number of carbonyl (C=O) groups is 1.